The van der Waals surface area contributed by atoms with Gasteiger partial charge in [0, 0.05) is 53.4 Å². The van der Waals surface area contributed by atoms with E-state index in [1.165, 1.54) is 6.08 Å². The lowest BCUT2D eigenvalue weighted by atomic mass is 9.98. The number of halogens is 1. The molecular formula is C32H31ClN6O2. The van der Waals surface area contributed by atoms with Gasteiger partial charge in [0.15, 0.2) is 0 Å². The van der Waals surface area contributed by atoms with Crippen LogP contribution in [0.4, 0.5) is 17.2 Å². The Hall–Kier alpha value is -4.61. The van der Waals surface area contributed by atoms with Crippen molar-refractivity contribution in [2.24, 2.45) is 0 Å². The number of carbonyl (C=O) groups excluding carboxylic acids is 1. The number of nitrogens with zero attached hydrogens (tertiary/aromatic N) is 5. The Kier molecular flexibility index (Phi) is 7.57. The molecule has 1 fully saturated rings. The minimum Gasteiger partial charge on any atom is -0.384 e. The van der Waals surface area contributed by atoms with E-state index in [2.05, 4.69) is 30.3 Å². The van der Waals surface area contributed by atoms with Gasteiger partial charge in [0.1, 0.15) is 5.82 Å². The maximum absolute atomic E-state index is 14.3. The SMILES string of the molecule is [C-]#[N+]c1c(N2CCN(C(=O)C=C)C[C@@H]2C)c2cc(Cl)c(-c3ccc(N)nc3)cc2n(-c2ccccc2C(C)C)c1=O. The number of benzene rings is 2. The van der Waals surface area contributed by atoms with Crippen molar-refractivity contribution in [1.82, 2.24) is 14.5 Å². The highest BCUT2D eigenvalue weighted by Crippen LogP contribution is 2.42. The molecule has 8 nitrogen and oxygen atoms in total. The van der Waals surface area contributed by atoms with Crippen LogP contribution >= 0.6 is 11.6 Å². The number of hydrogen-bond acceptors (Lipinski definition) is 5. The summed E-state index contributed by atoms with van der Waals surface area (Å²) < 4.78 is 1.63. The number of rotatable bonds is 5. The second kappa shape index (κ2) is 11.1. The lowest BCUT2D eigenvalue weighted by Gasteiger charge is -2.42. The Balaban J connectivity index is 1.85. The first-order valence-corrected chi connectivity index (χ1v) is 13.8. The number of fused-ring (bicyclic) bond motifs is 1. The summed E-state index contributed by atoms with van der Waals surface area (Å²) in [5, 5.41) is 1.14. The van der Waals surface area contributed by atoms with Crippen LogP contribution in [0.15, 0.2) is 72.2 Å². The van der Waals surface area contributed by atoms with Gasteiger partial charge in [-0.25, -0.2) is 9.83 Å². The molecule has 3 heterocycles. The molecule has 2 aromatic heterocycles. The first-order valence-electron chi connectivity index (χ1n) is 13.4. The van der Waals surface area contributed by atoms with E-state index in [4.69, 9.17) is 23.9 Å². The van der Waals surface area contributed by atoms with Gasteiger partial charge in [-0.15, -0.1) is 0 Å². The zero-order valence-corrected chi connectivity index (χ0v) is 24.0. The van der Waals surface area contributed by atoms with Crippen LogP contribution in [0.2, 0.25) is 5.02 Å². The maximum Gasteiger partial charge on any atom is 0.274 e. The maximum atomic E-state index is 14.3. The number of hydrogen-bond donors (Lipinski definition) is 1. The van der Waals surface area contributed by atoms with Gasteiger partial charge >= 0.3 is 0 Å². The van der Waals surface area contributed by atoms with Crippen molar-refractivity contribution in [3.8, 4) is 16.8 Å². The van der Waals surface area contributed by atoms with Gasteiger partial charge in [-0.2, -0.15) is 0 Å². The zero-order chi connectivity index (χ0) is 29.4. The molecule has 4 aromatic rings. The molecule has 0 bridgehead atoms. The predicted octanol–water partition coefficient (Wildman–Crippen LogP) is 6.19. The summed E-state index contributed by atoms with van der Waals surface area (Å²) in [5.74, 6) is 0.380. The Morgan fingerprint density at radius 1 is 1.22 bits per heavy atom. The van der Waals surface area contributed by atoms with Gasteiger partial charge in [0.05, 0.1) is 23.5 Å². The molecule has 1 saturated heterocycles. The zero-order valence-electron chi connectivity index (χ0n) is 23.3. The molecule has 2 N–H and O–H groups in total. The predicted molar refractivity (Wildman–Crippen MR) is 166 cm³/mol. The van der Waals surface area contributed by atoms with Crippen LogP contribution < -0.4 is 16.2 Å². The smallest absolute Gasteiger partial charge is 0.274 e. The van der Waals surface area contributed by atoms with Crippen molar-refractivity contribution in [1.29, 1.82) is 0 Å². The summed E-state index contributed by atoms with van der Waals surface area (Å²) in [4.78, 5) is 38.5. The van der Waals surface area contributed by atoms with E-state index < -0.39 is 5.56 Å². The summed E-state index contributed by atoms with van der Waals surface area (Å²) in [6, 6.07) is 14.9. The molecule has 1 amide bonds. The Bertz CT molecular complexity index is 1770. The van der Waals surface area contributed by atoms with Gasteiger partial charge in [-0.1, -0.05) is 50.2 Å². The molecule has 1 aliphatic heterocycles. The van der Waals surface area contributed by atoms with Gasteiger partial charge in [-0.3, -0.25) is 14.2 Å². The lowest BCUT2D eigenvalue weighted by Crippen LogP contribution is -2.53. The second-order valence-corrected chi connectivity index (χ2v) is 10.9. The summed E-state index contributed by atoms with van der Waals surface area (Å²) in [7, 11) is 0. The third-order valence-electron chi connectivity index (χ3n) is 7.62. The van der Waals surface area contributed by atoms with Gasteiger partial charge in [0.2, 0.25) is 5.91 Å². The molecule has 0 radical (unpaired) electrons. The van der Waals surface area contributed by atoms with Crippen LogP contribution in [0.25, 0.3) is 32.6 Å². The molecule has 5 rings (SSSR count). The first-order chi connectivity index (χ1) is 19.7. The Morgan fingerprint density at radius 3 is 2.61 bits per heavy atom. The number of amides is 1. The topological polar surface area (TPSA) is 88.8 Å². The quantitative estimate of drug-likeness (QED) is 0.230. The third-order valence-corrected chi connectivity index (χ3v) is 7.93. The van der Waals surface area contributed by atoms with Gasteiger partial charge in [0.25, 0.3) is 11.2 Å². The summed E-state index contributed by atoms with van der Waals surface area (Å²) in [6.45, 7) is 19.2. The molecule has 0 saturated carbocycles. The molecule has 0 unspecified atom stereocenters. The van der Waals surface area contributed by atoms with Crippen LogP contribution in [0.5, 0.6) is 0 Å². The number of nitrogens with two attached hydrogens (primary N) is 1. The fourth-order valence-corrected chi connectivity index (χ4v) is 5.87. The van der Waals surface area contributed by atoms with E-state index >= 15 is 0 Å². The fraction of sp³-hybridized carbons (Fsp3) is 0.250. The van der Waals surface area contributed by atoms with E-state index in [1.807, 2.05) is 54.3 Å². The number of carbonyl (C=O) groups is 1. The molecule has 41 heavy (non-hydrogen) atoms. The highest BCUT2D eigenvalue weighted by Gasteiger charge is 2.31. The standard InChI is InChI=1S/C32H31ClN6O2/c1-6-29(40)37-13-14-38(20(4)18-37)31-24-15-25(33)23(21-11-12-28(34)36-17-21)16-27(24)39(32(41)30(31)35-5)26-10-8-7-9-22(26)19(2)3/h6-12,15-17,19-20H,1,13-14,18H2,2-4H3,(H2,34,36)/t20-/m0/s1. The van der Waals surface area contributed by atoms with Crippen molar-refractivity contribution < 1.29 is 4.79 Å². The number of para-hydroxylation sites is 1. The Morgan fingerprint density at radius 2 is 1.98 bits per heavy atom. The van der Waals surface area contributed by atoms with E-state index in [0.717, 1.165) is 11.1 Å². The van der Waals surface area contributed by atoms with Crippen LogP contribution in [0.1, 0.15) is 32.3 Å². The van der Waals surface area contributed by atoms with Crippen LogP contribution in [-0.2, 0) is 4.79 Å². The minimum absolute atomic E-state index is 0.0179. The minimum atomic E-state index is -0.406. The molecule has 0 spiro atoms. The van der Waals surface area contributed by atoms with Crippen LogP contribution in [0, 0.1) is 6.57 Å². The molecule has 9 heteroatoms. The van der Waals surface area contributed by atoms with Crippen LogP contribution in [0.3, 0.4) is 0 Å². The highest BCUT2D eigenvalue weighted by molar-refractivity contribution is 6.34. The lowest BCUT2D eigenvalue weighted by molar-refractivity contribution is -0.126. The van der Waals surface area contributed by atoms with E-state index in [0.29, 0.717) is 58.3 Å². The number of nitrogen functional groups attached to an aromatic ring is 1. The molecular weight excluding hydrogens is 536 g/mol. The van der Waals surface area contributed by atoms with Crippen molar-refractivity contribution in [3.63, 3.8) is 0 Å². The summed E-state index contributed by atoms with van der Waals surface area (Å²) >= 11 is 6.92. The second-order valence-electron chi connectivity index (χ2n) is 10.5. The molecule has 0 aliphatic carbocycles. The number of anilines is 2. The van der Waals surface area contributed by atoms with Crippen molar-refractivity contribution in [2.75, 3.05) is 30.3 Å². The van der Waals surface area contributed by atoms with Crippen molar-refractivity contribution in [2.45, 2.75) is 32.7 Å². The Labute approximate surface area is 244 Å². The normalized spacial score (nSPS) is 15.3. The van der Waals surface area contributed by atoms with Gasteiger partial charge < -0.3 is 15.5 Å². The van der Waals surface area contributed by atoms with Gasteiger partial charge in [-0.05, 0) is 54.8 Å². The van der Waals surface area contributed by atoms with Crippen molar-refractivity contribution in [3.05, 3.63) is 99.7 Å². The number of pyridine rings is 2. The molecule has 1 aliphatic rings. The van der Waals surface area contributed by atoms with Crippen molar-refractivity contribution >= 4 is 45.6 Å². The monoisotopic (exact) mass is 566 g/mol. The summed E-state index contributed by atoms with van der Waals surface area (Å²) in [5.41, 5.74) is 9.73. The summed E-state index contributed by atoms with van der Waals surface area (Å²) in [6.07, 6.45) is 2.96. The average Bonchev–Trinajstić information content (AvgIpc) is 2.96. The first kappa shape index (κ1) is 27.9. The molecule has 208 valence electrons. The number of aromatic nitrogens is 2. The van der Waals surface area contributed by atoms with E-state index in [1.54, 1.807) is 21.7 Å². The molecule has 1 atom stereocenters. The van der Waals surface area contributed by atoms with E-state index in [-0.39, 0.29) is 23.6 Å². The molecule has 2 aromatic carbocycles. The third kappa shape index (κ3) is 4.94. The average molecular weight is 567 g/mol. The van der Waals surface area contributed by atoms with E-state index in [9.17, 15) is 9.59 Å². The largest absolute Gasteiger partial charge is 0.384 e. The fourth-order valence-electron chi connectivity index (χ4n) is 5.60. The van der Waals surface area contributed by atoms with Crippen LogP contribution in [-0.4, -0.2) is 46.0 Å². The highest BCUT2D eigenvalue weighted by atomic mass is 35.5. The number of piperazine rings is 1.